The van der Waals surface area contributed by atoms with Gasteiger partial charge in [-0.05, 0) is 46.3 Å². The van der Waals surface area contributed by atoms with E-state index in [-0.39, 0.29) is 18.9 Å². The van der Waals surface area contributed by atoms with Gasteiger partial charge in [0, 0.05) is 36.9 Å². The van der Waals surface area contributed by atoms with Gasteiger partial charge in [0.2, 0.25) is 0 Å². The van der Waals surface area contributed by atoms with E-state index in [1.54, 1.807) is 25.5 Å². The largest absolute Gasteiger partial charge is 0.391 e. The molecule has 2 unspecified atom stereocenters. The highest BCUT2D eigenvalue weighted by Gasteiger charge is 2.32. The van der Waals surface area contributed by atoms with Crippen LogP contribution in [0.4, 0.5) is 0 Å². The fourth-order valence-electron chi connectivity index (χ4n) is 2.12. The third-order valence-corrected chi connectivity index (χ3v) is 4.27. The molecule has 0 saturated heterocycles. The van der Waals surface area contributed by atoms with E-state index in [9.17, 15) is 15.0 Å². The Bertz CT molecular complexity index is 479. The number of likely N-dealkylation sites (N-methyl/N-ethyl adjacent to an activating group) is 1. The van der Waals surface area contributed by atoms with Crippen LogP contribution in [0.2, 0.25) is 0 Å². The molecule has 20 heavy (non-hydrogen) atoms. The smallest absolute Gasteiger partial charge is 0.251 e. The van der Waals surface area contributed by atoms with Crippen LogP contribution in [0, 0.1) is 5.92 Å². The molecule has 5 nitrogen and oxygen atoms in total. The van der Waals surface area contributed by atoms with Gasteiger partial charge >= 0.3 is 0 Å². The first-order valence-electron chi connectivity index (χ1n) is 6.68. The maximum Gasteiger partial charge on any atom is 0.251 e. The number of carbonyl (C=O) groups is 1. The summed E-state index contributed by atoms with van der Waals surface area (Å²) in [6, 6.07) is 1.76. The van der Waals surface area contributed by atoms with Gasteiger partial charge in [-0.3, -0.25) is 9.78 Å². The zero-order valence-corrected chi connectivity index (χ0v) is 13.0. The van der Waals surface area contributed by atoms with Crippen LogP contribution in [0.5, 0.6) is 0 Å². The van der Waals surface area contributed by atoms with Gasteiger partial charge in [0.05, 0.1) is 6.10 Å². The molecule has 0 radical (unpaired) electrons. The van der Waals surface area contributed by atoms with Crippen LogP contribution in [-0.4, -0.2) is 51.8 Å². The van der Waals surface area contributed by atoms with Crippen LogP contribution in [-0.2, 0) is 11.2 Å². The van der Waals surface area contributed by atoms with Gasteiger partial charge in [-0.1, -0.05) is 0 Å². The minimum absolute atomic E-state index is 0.228. The van der Waals surface area contributed by atoms with Crippen molar-refractivity contribution >= 4 is 21.8 Å². The normalized spacial score (nSPS) is 17.6. The maximum atomic E-state index is 12.1. The fourth-order valence-corrected chi connectivity index (χ4v) is 2.53. The van der Waals surface area contributed by atoms with Crippen LogP contribution in [0.25, 0.3) is 0 Å². The highest BCUT2D eigenvalue weighted by atomic mass is 79.9. The molecule has 1 aliphatic carbocycles. The van der Waals surface area contributed by atoms with E-state index in [2.05, 4.69) is 20.9 Å². The molecule has 1 aromatic rings. The molecule has 2 rings (SSSR count). The van der Waals surface area contributed by atoms with Gasteiger partial charge < -0.3 is 15.1 Å². The van der Waals surface area contributed by atoms with Crippen molar-refractivity contribution in [3.05, 3.63) is 28.5 Å². The Morgan fingerprint density at radius 2 is 2.25 bits per heavy atom. The third kappa shape index (κ3) is 4.01. The van der Waals surface area contributed by atoms with Crippen molar-refractivity contribution < 1.29 is 15.0 Å². The number of hydrogen-bond donors (Lipinski definition) is 2. The molecule has 1 heterocycles. The van der Waals surface area contributed by atoms with Gasteiger partial charge in [0.25, 0.3) is 5.91 Å². The van der Waals surface area contributed by atoms with E-state index in [0.717, 1.165) is 22.9 Å². The molecule has 0 aliphatic heterocycles. The molecule has 1 aliphatic rings. The van der Waals surface area contributed by atoms with E-state index in [4.69, 9.17) is 0 Å². The summed E-state index contributed by atoms with van der Waals surface area (Å²) >= 11 is 3.34. The molecule has 1 saturated carbocycles. The van der Waals surface area contributed by atoms with Crippen molar-refractivity contribution in [3.63, 3.8) is 0 Å². The molecule has 1 amide bonds. The van der Waals surface area contributed by atoms with Crippen LogP contribution in [0.3, 0.4) is 0 Å². The van der Waals surface area contributed by atoms with Gasteiger partial charge in [-0.25, -0.2) is 0 Å². The maximum absolute atomic E-state index is 12.1. The van der Waals surface area contributed by atoms with E-state index < -0.39 is 12.2 Å². The molecule has 110 valence electrons. The average molecular weight is 343 g/mol. The van der Waals surface area contributed by atoms with Crippen molar-refractivity contribution in [3.8, 4) is 0 Å². The molecule has 2 N–H and O–H groups in total. The Labute approximate surface area is 126 Å². The van der Waals surface area contributed by atoms with Gasteiger partial charge in [-0.15, -0.1) is 0 Å². The minimum Gasteiger partial charge on any atom is -0.391 e. The predicted octanol–water partition coefficient (Wildman–Crippen LogP) is 0.977. The highest BCUT2D eigenvalue weighted by Crippen LogP contribution is 2.32. The number of aliphatic hydroxyl groups excluding tert-OH is 2. The monoisotopic (exact) mass is 342 g/mol. The Morgan fingerprint density at radius 3 is 2.85 bits per heavy atom. The molecular formula is C14H19BrN2O3. The van der Waals surface area contributed by atoms with Crippen LogP contribution in [0.1, 0.15) is 18.4 Å². The quantitative estimate of drug-likeness (QED) is 0.808. The summed E-state index contributed by atoms with van der Waals surface area (Å²) in [5.74, 6) is -0.0508. The zero-order valence-electron chi connectivity index (χ0n) is 11.4. The first-order chi connectivity index (χ1) is 9.49. The third-order valence-electron chi connectivity index (χ3n) is 3.56. The summed E-state index contributed by atoms with van der Waals surface area (Å²) in [6.45, 7) is 0.276. The molecule has 2 atom stereocenters. The van der Waals surface area contributed by atoms with Crippen LogP contribution < -0.4 is 0 Å². The van der Waals surface area contributed by atoms with E-state index in [0.29, 0.717) is 5.92 Å². The van der Waals surface area contributed by atoms with Crippen molar-refractivity contribution in [2.75, 3.05) is 13.6 Å². The van der Waals surface area contributed by atoms with Crippen molar-refractivity contribution in [1.29, 1.82) is 0 Å². The SMILES string of the molecule is CN(CC(O)C1CC1)C(=O)C(O)Cc1ccncc1Br. The Kier molecular flexibility index (Phi) is 5.12. The Hall–Kier alpha value is -0.980. The number of halogens is 1. The predicted molar refractivity (Wildman–Crippen MR) is 78.0 cm³/mol. The van der Waals surface area contributed by atoms with Crippen molar-refractivity contribution in [1.82, 2.24) is 9.88 Å². The number of aliphatic hydroxyl groups is 2. The number of rotatable bonds is 6. The molecular weight excluding hydrogens is 324 g/mol. The lowest BCUT2D eigenvalue weighted by atomic mass is 10.1. The Morgan fingerprint density at radius 1 is 1.55 bits per heavy atom. The van der Waals surface area contributed by atoms with Gasteiger partial charge in [0.15, 0.2) is 0 Å². The lowest BCUT2D eigenvalue weighted by molar-refractivity contribution is -0.140. The van der Waals surface area contributed by atoms with Crippen LogP contribution in [0.15, 0.2) is 22.9 Å². The van der Waals surface area contributed by atoms with Crippen molar-refractivity contribution in [2.24, 2.45) is 5.92 Å². The number of nitrogens with zero attached hydrogens (tertiary/aromatic N) is 2. The summed E-state index contributed by atoms with van der Waals surface area (Å²) in [5, 5.41) is 19.9. The lowest BCUT2D eigenvalue weighted by Gasteiger charge is -2.23. The first-order valence-corrected chi connectivity index (χ1v) is 7.48. The number of pyridine rings is 1. The molecule has 0 aromatic carbocycles. The summed E-state index contributed by atoms with van der Waals surface area (Å²) in [7, 11) is 1.61. The van der Waals surface area contributed by atoms with E-state index in [1.165, 1.54) is 4.90 Å². The number of aromatic nitrogens is 1. The Balaban J connectivity index is 1.89. The average Bonchev–Trinajstić information content (AvgIpc) is 3.24. The van der Waals surface area contributed by atoms with E-state index in [1.807, 2.05) is 0 Å². The zero-order chi connectivity index (χ0) is 14.7. The lowest BCUT2D eigenvalue weighted by Crippen LogP contribution is -2.42. The highest BCUT2D eigenvalue weighted by molar-refractivity contribution is 9.10. The molecule has 1 aromatic heterocycles. The topological polar surface area (TPSA) is 73.7 Å². The summed E-state index contributed by atoms with van der Waals surface area (Å²) < 4.78 is 0.771. The van der Waals surface area contributed by atoms with Crippen LogP contribution >= 0.6 is 15.9 Å². The second-order valence-corrected chi connectivity index (χ2v) is 6.16. The summed E-state index contributed by atoms with van der Waals surface area (Å²) in [4.78, 5) is 17.4. The van der Waals surface area contributed by atoms with Gasteiger partial charge in [0.1, 0.15) is 6.10 Å². The second kappa shape index (κ2) is 6.65. The van der Waals surface area contributed by atoms with Gasteiger partial charge in [-0.2, -0.15) is 0 Å². The minimum atomic E-state index is -1.11. The standard InChI is InChI=1S/C14H19BrN2O3/c1-17(8-13(19)9-2-3-9)14(20)12(18)6-10-4-5-16-7-11(10)15/h4-5,7,9,12-13,18-19H,2-3,6,8H2,1H3. The molecule has 1 fully saturated rings. The van der Waals surface area contributed by atoms with Crippen molar-refractivity contribution in [2.45, 2.75) is 31.5 Å². The molecule has 0 spiro atoms. The van der Waals surface area contributed by atoms with E-state index >= 15 is 0 Å². The number of carbonyl (C=O) groups excluding carboxylic acids is 1. The molecule has 6 heteroatoms. The number of amides is 1. The first kappa shape index (κ1) is 15.4. The second-order valence-electron chi connectivity index (χ2n) is 5.31. The number of hydrogen-bond acceptors (Lipinski definition) is 4. The molecule has 0 bridgehead atoms. The fraction of sp³-hybridized carbons (Fsp3) is 0.571. The summed E-state index contributed by atoms with van der Waals surface area (Å²) in [6.07, 6.45) is 3.94. The summed E-state index contributed by atoms with van der Waals surface area (Å²) in [5.41, 5.74) is 0.831.